The Hall–Kier alpha value is -0.340. The maximum absolute atomic E-state index is 3.67. The SMILES string of the molecule is CCC(C)(CNC1CC1)Cc1cccc(Br)c1. The van der Waals surface area contributed by atoms with Gasteiger partial charge in [-0.1, -0.05) is 41.9 Å². The summed E-state index contributed by atoms with van der Waals surface area (Å²) in [6, 6.07) is 9.50. The molecule has 17 heavy (non-hydrogen) atoms. The van der Waals surface area contributed by atoms with Crippen LogP contribution in [0.15, 0.2) is 28.7 Å². The van der Waals surface area contributed by atoms with Gasteiger partial charge in [0.1, 0.15) is 0 Å². The van der Waals surface area contributed by atoms with Gasteiger partial charge in [-0.15, -0.1) is 0 Å². The molecule has 0 aromatic heterocycles. The van der Waals surface area contributed by atoms with Gasteiger partial charge in [-0.3, -0.25) is 0 Å². The monoisotopic (exact) mass is 295 g/mol. The van der Waals surface area contributed by atoms with E-state index >= 15 is 0 Å². The quantitative estimate of drug-likeness (QED) is 0.831. The average Bonchev–Trinajstić information content (AvgIpc) is 3.10. The minimum absolute atomic E-state index is 0.378. The lowest BCUT2D eigenvalue weighted by Gasteiger charge is -2.29. The van der Waals surface area contributed by atoms with Gasteiger partial charge in [0.25, 0.3) is 0 Å². The number of nitrogens with one attached hydrogen (secondary N) is 1. The first-order chi connectivity index (χ1) is 8.11. The number of benzene rings is 1. The molecule has 2 heteroatoms. The lowest BCUT2D eigenvalue weighted by atomic mass is 9.81. The van der Waals surface area contributed by atoms with E-state index in [0.717, 1.165) is 19.0 Å². The van der Waals surface area contributed by atoms with Gasteiger partial charge in [0.05, 0.1) is 0 Å². The molecule has 1 nitrogen and oxygen atoms in total. The largest absolute Gasteiger partial charge is 0.313 e. The van der Waals surface area contributed by atoms with Gasteiger partial charge in [0, 0.05) is 17.1 Å². The summed E-state index contributed by atoms with van der Waals surface area (Å²) in [4.78, 5) is 0. The highest BCUT2D eigenvalue weighted by atomic mass is 79.9. The van der Waals surface area contributed by atoms with Crippen LogP contribution < -0.4 is 5.32 Å². The molecule has 0 aliphatic heterocycles. The minimum Gasteiger partial charge on any atom is -0.313 e. The van der Waals surface area contributed by atoms with Gasteiger partial charge in [-0.2, -0.15) is 0 Å². The molecule has 1 fully saturated rings. The van der Waals surface area contributed by atoms with Crippen LogP contribution in [0.3, 0.4) is 0 Å². The molecule has 0 heterocycles. The molecule has 1 aliphatic rings. The van der Waals surface area contributed by atoms with Crippen molar-refractivity contribution in [1.29, 1.82) is 0 Å². The van der Waals surface area contributed by atoms with E-state index in [1.807, 2.05) is 0 Å². The molecule has 94 valence electrons. The van der Waals surface area contributed by atoms with Gasteiger partial charge < -0.3 is 5.32 Å². The standard InChI is InChI=1S/C15H22BrN/c1-3-15(2,11-17-14-7-8-14)10-12-5-4-6-13(16)9-12/h4-6,9,14,17H,3,7-8,10-11H2,1-2H3. The molecule has 0 radical (unpaired) electrons. The van der Waals surface area contributed by atoms with Crippen LogP contribution in [0.25, 0.3) is 0 Å². The summed E-state index contributed by atoms with van der Waals surface area (Å²) in [5, 5.41) is 3.67. The van der Waals surface area contributed by atoms with E-state index in [-0.39, 0.29) is 0 Å². The molecule has 0 bridgehead atoms. The average molecular weight is 296 g/mol. The van der Waals surface area contributed by atoms with Crippen molar-refractivity contribution in [3.05, 3.63) is 34.3 Å². The predicted octanol–water partition coefficient (Wildman–Crippen LogP) is 4.16. The summed E-state index contributed by atoms with van der Waals surface area (Å²) in [6.07, 6.45) is 5.12. The Morgan fingerprint density at radius 1 is 1.41 bits per heavy atom. The van der Waals surface area contributed by atoms with Crippen LogP contribution in [-0.2, 0) is 6.42 Å². The van der Waals surface area contributed by atoms with Crippen LogP contribution >= 0.6 is 15.9 Å². The van der Waals surface area contributed by atoms with Crippen LogP contribution in [0, 0.1) is 5.41 Å². The van der Waals surface area contributed by atoms with Gasteiger partial charge in [-0.05, 0) is 48.8 Å². The molecule has 2 rings (SSSR count). The van der Waals surface area contributed by atoms with Crippen molar-refractivity contribution in [2.24, 2.45) is 5.41 Å². The number of halogens is 1. The van der Waals surface area contributed by atoms with Gasteiger partial charge in [-0.25, -0.2) is 0 Å². The highest BCUT2D eigenvalue weighted by Crippen LogP contribution is 2.29. The molecule has 1 aromatic rings. The normalized spacial score (nSPS) is 19.0. The van der Waals surface area contributed by atoms with Crippen molar-refractivity contribution in [2.75, 3.05) is 6.54 Å². The second-order valence-electron chi connectivity index (χ2n) is 5.63. The van der Waals surface area contributed by atoms with Crippen molar-refractivity contribution in [2.45, 2.75) is 45.6 Å². The van der Waals surface area contributed by atoms with Crippen LogP contribution in [0.4, 0.5) is 0 Å². The molecule has 1 N–H and O–H groups in total. The lowest BCUT2D eigenvalue weighted by Crippen LogP contribution is -2.34. The first-order valence-corrected chi connectivity index (χ1v) is 7.38. The third kappa shape index (κ3) is 4.11. The first-order valence-electron chi connectivity index (χ1n) is 6.59. The van der Waals surface area contributed by atoms with Gasteiger partial charge in [0.2, 0.25) is 0 Å². The Morgan fingerprint density at radius 2 is 2.18 bits per heavy atom. The fourth-order valence-corrected chi connectivity index (χ4v) is 2.58. The molecule has 1 aliphatic carbocycles. The molecular formula is C15H22BrN. The fourth-order valence-electron chi connectivity index (χ4n) is 2.13. The summed E-state index contributed by atoms with van der Waals surface area (Å²) in [7, 11) is 0. The summed E-state index contributed by atoms with van der Waals surface area (Å²) < 4.78 is 1.18. The van der Waals surface area contributed by atoms with E-state index in [2.05, 4.69) is 59.4 Å². The van der Waals surface area contributed by atoms with E-state index in [1.165, 1.54) is 29.3 Å². The molecule has 0 amide bonds. The zero-order valence-corrected chi connectivity index (χ0v) is 12.4. The highest BCUT2D eigenvalue weighted by molar-refractivity contribution is 9.10. The van der Waals surface area contributed by atoms with E-state index in [4.69, 9.17) is 0 Å². The lowest BCUT2D eigenvalue weighted by molar-refractivity contribution is 0.289. The minimum atomic E-state index is 0.378. The van der Waals surface area contributed by atoms with Crippen molar-refractivity contribution >= 4 is 15.9 Å². The Kier molecular flexibility index (Phi) is 4.26. The first kappa shape index (κ1) is 13.1. The molecule has 1 unspecified atom stereocenters. The molecule has 1 atom stereocenters. The molecule has 0 saturated heterocycles. The van der Waals surface area contributed by atoms with Crippen LogP contribution in [0.2, 0.25) is 0 Å². The Bertz CT molecular complexity index is 373. The van der Waals surface area contributed by atoms with Crippen molar-refractivity contribution in [3.8, 4) is 0 Å². The summed E-state index contributed by atoms with van der Waals surface area (Å²) in [6.45, 7) is 5.83. The Morgan fingerprint density at radius 3 is 2.76 bits per heavy atom. The molecule has 0 spiro atoms. The second-order valence-corrected chi connectivity index (χ2v) is 6.54. The van der Waals surface area contributed by atoms with Crippen LogP contribution in [-0.4, -0.2) is 12.6 Å². The maximum atomic E-state index is 3.67. The van der Waals surface area contributed by atoms with Crippen molar-refractivity contribution in [3.63, 3.8) is 0 Å². The summed E-state index contributed by atoms with van der Waals surface area (Å²) in [5.41, 5.74) is 1.81. The zero-order valence-electron chi connectivity index (χ0n) is 10.8. The zero-order chi connectivity index (χ0) is 12.3. The molecule has 1 saturated carbocycles. The fraction of sp³-hybridized carbons (Fsp3) is 0.600. The second kappa shape index (κ2) is 5.53. The number of hydrogen-bond acceptors (Lipinski definition) is 1. The van der Waals surface area contributed by atoms with Gasteiger partial charge >= 0.3 is 0 Å². The summed E-state index contributed by atoms with van der Waals surface area (Å²) in [5.74, 6) is 0. The number of hydrogen-bond donors (Lipinski definition) is 1. The van der Waals surface area contributed by atoms with E-state index in [9.17, 15) is 0 Å². The third-order valence-electron chi connectivity index (χ3n) is 3.77. The smallest absolute Gasteiger partial charge is 0.0177 e. The Labute approximate surface area is 113 Å². The van der Waals surface area contributed by atoms with Crippen LogP contribution in [0.5, 0.6) is 0 Å². The van der Waals surface area contributed by atoms with E-state index in [0.29, 0.717) is 5.41 Å². The van der Waals surface area contributed by atoms with Gasteiger partial charge in [0.15, 0.2) is 0 Å². The number of rotatable bonds is 6. The van der Waals surface area contributed by atoms with Crippen molar-refractivity contribution in [1.82, 2.24) is 5.32 Å². The summed E-state index contributed by atoms with van der Waals surface area (Å²) >= 11 is 3.55. The third-order valence-corrected chi connectivity index (χ3v) is 4.26. The highest BCUT2D eigenvalue weighted by Gasteiger charge is 2.27. The molecular weight excluding hydrogens is 274 g/mol. The van der Waals surface area contributed by atoms with Crippen LogP contribution in [0.1, 0.15) is 38.7 Å². The van der Waals surface area contributed by atoms with Crippen molar-refractivity contribution < 1.29 is 0 Å². The topological polar surface area (TPSA) is 12.0 Å². The Balaban J connectivity index is 1.96. The van der Waals surface area contributed by atoms with E-state index in [1.54, 1.807) is 0 Å². The molecule has 1 aromatic carbocycles. The predicted molar refractivity (Wildman–Crippen MR) is 77.3 cm³/mol. The van der Waals surface area contributed by atoms with E-state index < -0.39 is 0 Å². The maximum Gasteiger partial charge on any atom is 0.0177 e.